The van der Waals surface area contributed by atoms with Crippen LogP contribution in [0.15, 0.2) is 42.5 Å². The molecule has 0 aromatic heterocycles. The summed E-state index contributed by atoms with van der Waals surface area (Å²) in [5.74, 6) is 0.672. The highest BCUT2D eigenvalue weighted by molar-refractivity contribution is 7.99. The molecule has 2 aromatic rings. The van der Waals surface area contributed by atoms with Crippen LogP contribution in [0, 0.1) is 10.1 Å². The number of carbonyl (C=O) groups excluding carboxylic acids is 2. The standard InChI is InChI=1S/C18H16ClN3O5S/c1-27-13-5-2-11(3-6-13)20-17(23)16-9-28-10-21(16)18(24)14-7-4-12(22(25)26)8-15(14)19/h2-8,16H,9-10H2,1H3,(H,20,23). The Morgan fingerprint density at radius 1 is 1.29 bits per heavy atom. The Balaban J connectivity index is 1.75. The predicted molar refractivity (Wildman–Crippen MR) is 107 cm³/mol. The summed E-state index contributed by atoms with van der Waals surface area (Å²) in [4.78, 5) is 37.2. The van der Waals surface area contributed by atoms with Crippen molar-refractivity contribution in [2.45, 2.75) is 6.04 Å². The molecule has 1 N–H and O–H groups in total. The molecule has 1 heterocycles. The van der Waals surface area contributed by atoms with E-state index in [1.54, 1.807) is 31.4 Å². The molecule has 146 valence electrons. The molecule has 2 amide bonds. The average molecular weight is 422 g/mol. The number of benzene rings is 2. The van der Waals surface area contributed by atoms with Crippen LogP contribution in [0.3, 0.4) is 0 Å². The Hall–Kier alpha value is -2.78. The number of non-ortho nitro benzene ring substituents is 1. The van der Waals surface area contributed by atoms with Gasteiger partial charge in [0.1, 0.15) is 11.8 Å². The predicted octanol–water partition coefficient (Wildman–Crippen LogP) is 3.41. The number of methoxy groups -OCH3 is 1. The smallest absolute Gasteiger partial charge is 0.270 e. The number of amides is 2. The fourth-order valence-corrected chi connectivity index (χ4v) is 4.12. The van der Waals surface area contributed by atoms with Gasteiger partial charge in [0.05, 0.1) is 28.5 Å². The Kier molecular flexibility index (Phi) is 6.05. The summed E-state index contributed by atoms with van der Waals surface area (Å²) in [6.07, 6.45) is 0. The normalized spacial score (nSPS) is 15.9. The third-order valence-electron chi connectivity index (χ3n) is 4.20. The van der Waals surface area contributed by atoms with Crippen LogP contribution in [0.25, 0.3) is 0 Å². The van der Waals surface area contributed by atoms with Crippen LogP contribution in [-0.4, -0.2) is 46.4 Å². The number of nitrogens with one attached hydrogen (secondary N) is 1. The van der Waals surface area contributed by atoms with E-state index in [-0.39, 0.29) is 22.2 Å². The van der Waals surface area contributed by atoms with Crippen molar-refractivity contribution < 1.29 is 19.2 Å². The highest BCUT2D eigenvalue weighted by Gasteiger charge is 2.36. The molecule has 1 aliphatic heterocycles. The molecule has 1 atom stereocenters. The van der Waals surface area contributed by atoms with Gasteiger partial charge in [-0.2, -0.15) is 0 Å². The van der Waals surface area contributed by atoms with Crippen LogP contribution >= 0.6 is 23.4 Å². The van der Waals surface area contributed by atoms with Gasteiger partial charge in [0, 0.05) is 23.6 Å². The number of rotatable bonds is 5. The number of hydrogen-bond donors (Lipinski definition) is 1. The summed E-state index contributed by atoms with van der Waals surface area (Å²) >= 11 is 7.51. The molecule has 1 fully saturated rings. The van der Waals surface area contributed by atoms with Crippen LogP contribution in [0.1, 0.15) is 10.4 Å². The van der Waals surface area contributed by atoms with Crippen molar-refractivity contribution in [2.24, 2.45) is 0 Å². The summed E-state index contributed by atoms with van der Waals surface area (Å²) in [6, 6.07) is 9.84. The van der Waals surface area contributed by atoms with Gasteiger partial charge in [-0.1, -0.05) is 11.6 Å². The lowest BCUT2D eigenvalue weighted by Gasteiger charge is -2.23. The van der Waals surface area contributed by atoms with Crippen LogP contribution in [-0.2, 0) is 4.79 Å². The number of hydrogen-bond acceptors (Lipinski definition) is 6. The van der Waals surface area contributed by atoms with E-state index in [1.807, 2.05) is 0 Å². The van der Waals surface area contributed by atoms with Gasteiger partial charge in [0.2, 0.25) is 5.91 Å². The van der Waals surface area contributed by atoms with E-state index in [0.29, 0.717) is 23.1 Å². The second kappa shape index (κ2) is 8.49. The van der Waals surface area contributed by atoms with Gasteiger partial charge in [-0.25, -0.2) is 0 Å². The van der Waals surface area contributed by atoms with Gasteiger partial charge in [-0.15, -0.1) is 11.8 Å². The van der Waals surface area contributed by atoms with Gasteiger partial charge >= 0.3 is 0 Å². The minimum Gasteiger partial charge on any atom is -0.497 e. The van der Waals surface area contributed by atoms with E-state index in [4.69, 9.17) is 16.3 Å². The lowest BCUT2D eigenvalue weighted by atomic mass is 10.1. The maximum absolute atomic E-state index is 12.9. The number of carbonyl (C=O) groups is 2. The van der Waals surface area contributed by atoms with Crippen molar-refractivity contribution in [1.29, 1.82) is 0 Å². The van der Waals surface area contributed by atoms with Gasteiger partial charge in [0.25, 0.3) is 11.6 Å². The third-order valence-corrected chi connectivity index (χ3v) is 5.52. The lowest BCUT2D eigenvalue weighted by molar-refractivity contribution is -0.384. The Morgan fingerprint density at radius 3 is 2.61 bits per heavy atom. The first-order valence-electron chi connectivity index (χ1n) is 8.18. The van der Waals surface area contributed by atoms with E-state index >= 15 is 0 Å². The van der Waals surface area contributed by atoms with Crippen molar-refractivity contribution >= 4 is 46.6 Å². The molecule has 0 bridgehead atoms. The molecule has 8 nitrogen and oxygen atoms in total. The number of halogens is 1. The SMILES string of the molecule is COc1ccc(NC(=O)C2CSCN2C(=O)c2ccc([N+](=O)[O-])cc2Cl)cc1. The Bertz CT molecular complexity index is 922. The van der Waals surface area contributed by atoms with Crippen molar-refractivity contribution in [3.8, 4) is 5.75 Å². The van der Waals surface area contributed by atoms with Crippen molar-refractivity contribution in [2.75, 3.05) is 24.1 Å². The zero-order valence-corrected chi connectivity index (χ0v) is 16.3. The van der Waals surface area contributed by atoms with Crippen molar-refractivity contribution in [1.82, 2.24) is 4.90 Å². The molecule has 0 radical (unpaired) electrons. The zero-order chi connectivity index (χ0) is 20.3. The number of nitro benzene ring substituents is 1. The molecular weight excluding hydrogens is 406 g/mol. The van der Waals surface area contributed by atoms with Crippen molar-refractivity contribution in [3.05, 3.63) is 63.2 Å². The van der Waals surface area contributed by atoms with E-state index in [0.717, 1.165) is 6.07 Å². The molecule has 3 rings (SSSR count). The average Bonchev–Trinajstić information content (AvgIpc) is 3.18. The molecule has 1 saturated heterocycles. The van der Waals surface area contributed by atoms with Crippen LogP contribution in [0.2, 0.25) is 5.02 Å². The number of nitro groups is 1. The minimum absolute atomic E-state index is 0.0228. The summed E-state index contributed by atoms with van der Waals surface area (Å²) < 4.78 is 5.08. The summed E-state index contributed by atoms with van der Waals surface area (Å²) in [5.41, 5.74) is 0.506. The van der Waals surface area contributed by atoms with Gasteiger partial charge in [-0.05, 0) is 30.3 Å². The molecule has 0 aliphatic carbocycles. The zero-order valence-electron chi connectivity index (χ0n) is 14.8. The fourth-order valence-electron chi connectivity index (χ4n) is 2.71. The van der Waals surface area contributed by atoms with E-state index < -0.39 is 16.9 Å². The number of nitrogens with zero attached hydrogens (tertiary/aromatic N) is 2. The molecule has 2 aromatic carbocycles. The largest absolute Gasteiger partial charge is 0.497 e. The van der Waals surface area contributed by atoms with Gasteiger partial charge in [0.15, 0.2) is 0 Å². The van der Waals surface area contributed by atoms with Crippen molar-refractivity contribution in [3.63, 3.8) is 0 Å². The van der Waals surface area contributed by atoms with Crippen LogP contribution in [0.4, 0.5) is 11.4 Å². The summed E-state index contributed by atoms with van der Waals surface area (Å²) in [7, 11) is 1.55. The minimum atomic E-state index is -0.675. The maximum atomic E-state index is 12.9. The molecule has 10 heteroatoms. The van der Waals surface area contributed by atoms with E-state index in [2.05, 4.69) is 5.32 Å². The first-order chi connectivity index (χ1) is 13.4. The summed E-state index contributed by atoms with van der Waals surface area (Å²) in [6.45, 7) is 0. The molecule has 28 heavy (non-hydrogen) atoms. The first-order valence-corrected chi connectivity index (χ1v) is 9.71. The highest BCUT2D eigenvalue weighted by atomic mass is 35.5. The quantitative estimate of drug-likeness (QED) is 0.586. The van der Waals surface area contributed by atoms with Gasteiger partial charge < -0.3 is 15.0 Å². The van der Waals surface area contributed by atoms with Crippen LogP contribution in [0.5, 0.6) is 5.75 Å². The van der Waals surface area contributed by atoms with E-state index in [9.17, 15) is 19.7 Å². The first kappa shape index (κ1) is 20.0. The topological polar surface area (TPSA) is 102 Å². The summed E-state index contributed by atoms with van der Waals surface area (Å²) in [5, 5.41) is 13.6. The molecule has 0 saturated carbocycles. The molecule has 0 spiro atoms. The second-order valence-corrected chi connectivity index (χ2v) is 7.34. The fraction of sp³-hybridized carbons (Fsp3) is 0.222. The number of ether oxygens (including phenoxy) is 1. The highest BCUT2D eigenvalue weighted by Crippen LogP contribution is 2.29. The Labute approximate surface area is 169 Å². The van der Waals surface area contributed by atoms with E-state index in [1.165, 1.54) is 28.8 Å². The number of anilines is 1. The Morgan fingerprint density at radius 2 is 2.00 bits per heavy atom. The lowest BCUT2D eigenvalue weighted by Crippen LogP contribution is -2.44. The third kappa shape index (κ3) is 4.20. The van der Waals surface area contributed by atoms with Crippen LogP contribution < -0.4 is 10.1 Å². The second-order valence-electron chi connectivity index (χ2n) is 5.93. The van der Waals surface area contributed by atoms with Gasteiger partial charge in [-0.3, -0.25) is 19.7 Å². The molecule has 1 aliphatic rings. The molecular formula is C18H16ClN3O5S. The maximum Gasteiger partial charge on any atom is 0.270 e. The molecule has 1 unspecified atom stereocenters. The monoisotopic (exact) mass is 421 g/mol. The number of thioether (sulfide) groups is 1.